The van der Waals surface area contributed by atoms with Gasteiger partial charge in [0.15, 0.2) is 0 Å². The number of rotatable bonds is 17. The normalized spacial score (nSPS) is 43.3. The predicted molar refractivity (Wildman–Crippen MR) is 271 cm³/mol. The van der Waals surface area contributed by atoms with Crippen molar-refractivity contribution in [2.45, 2.75) is 228 Å². The molecule has 0 heterocycles. The number of ether oxygens (including phenoxy) is 2. The SMILES string of the molecule is CC(CCC[C@@H](C)[C@H]1CC[C@H]2[C@@H]3CCC4CCCC[C@]4(C)[C@H]3CC[C@]12C)COc1ccc(OCC(C)CCC[C@@H](C)[C@H]2CC[C@H]3[C@@H]4CCC5CCCC[C@]5(C)[C@H]4CC[C@]23C)c(CCl)c1. The summed E-state index contributed by atoms with van der Waals surface area (Å²) in [6, 6.07) is 6.37. The highest BCUT2D eigenvalue weighted by molar-refractivity contribution is 6.17. The average molecular weight is 900 g/mol. The summed E-state index contributed by atoms with van der Waals surface area (Å²) < 4.78 is 12.9. The largest absolute Gasteiger partial charge is 0.493 e. The summed E-state index contributed by atoms with van der Waals surface area (Å²) in [7, 11) is 0. The Balaban J connectivity index is 0.674. The van der Waals surface area contributed by atoms with Crippen LogP contribution in [0.4, 0.5) is 0 Å². The summed E-state index contributed by atoms with van der Waals surface area (Å²) in [6.07, 6.45) is 38.3. The molecule has 1 aromatic rings. The zero-order valence-corrected chi connectivity index (χ0v) is 43.8. The van der Waals surface area contributed by atoms with Gasteiger partial charge in [0.1, 0.15) is 11.5 Å². The van der Waals surface area contributed by atoms with Crippen molar-refractivity contribution in [1.29, 1.82) is 0 Å². The molecule has 0 saturated heterocycles. The van der Waals surface area contributed by atoms with Crippen LogP contribution in [0.25, 0.3) is 0 Å². The second kappa shape index (κ2) is 19.8. The molecule has 8 aliphatic rings. The topological polar surface area (TPSA) is 18.5 Å². The fourth-order valence-corrected chi connectivity index (χ4v) is 20.3. The van der Waals surface area contributed by atoms with Gasteiger partial charge in [-0.05, 0) is 238 Å². The van der Waals surface area contributed by atoms with Crippen molar-refractivity contribution in [2.75, 3.05) is 13.2 Å². The number of alkyl halides is 1. The van der Waals surface area contributed by atoms with Crippen LogP contribution in [0.5, 0.6) is 11.5 Å². The Morgan fingerprint density at radius 1 is 0.516 bits per heavy atom. The summed E-state index contributed by atoms with van der Waals surface area (Å²) in [5, 5.41) is 0. The second-order valence-electron chi connectivity index (χ2n) is 26.8. The molecule has 0 amide bonds. The van der Waals surface area contributed by atoms with E-state index < -0.39 is 0 Å². The van der Waals surface area contributed by atoms with Crippen LogP contribution < -0.4 is 9.47 Å². The van der Waals surface area contributed by atoms with Crippen LogP contribution in [0.2, 0.25) is 0 Å². The van der Waals surface area contributed by atoms with Crippen LogP contribution in [0.1, 0.15) is 228 Å². The van der Waals surface area contributed by atoms with E-state index in [-0.39, 0.29) is 0 Å². The van der Waals surface area contributed by atoms with Gasteiger partial charge in [-0.2, -0.15) is 0 Å². The number of benzene rings is 1. The van der Waals surface area contributed by atoms with E-state index in [1.165, 1.54) is 154 Å². The smallest absolute Gasteiger partial charge is 0.123 e. The Kier molecular flexibility index (Phi) is 14.9. The quantitative estimate of drug-likeness (QED) is 0.145. The van der Waals surface area contributed by atoms with Crippen LogP contribution in [-0.2, 0) is 5.88 Å². The zero-order valence-electron chi connectivity index (χ0n) is 43.0. The van der Waals surface area contributed by atoms with Gasteiger partial charge in [-0.1, -0.05) is 107 Å². The van der Waals surface area contributed by atoms with Gasteiger partial charge in [0.05, 0.1) is 19.1 Å². The van der Waals surface area contributed by atoms with Gasteiger partial charge < -0.3 is 9.47 Å². The number of hydrogen-bond acceptors (Lipinski definition) is 2. The molecule has 64 heavy (non-hydrogen) atoms. The minimum atomic E-state index is 0.455. The van der Waals surface area contributed by atoms with Crippen molar-refractivity contribution < 1.29 is 9.47 Å². The molecule has 4 unspecified atom stereocenters. The summed E-state index contributed by atoms with van der Waals surface area (Å²) in [4.78, 5) is 0. The van der Waals surface area contributed by atoms with Crippen LogP contribution >= 0.6 is 11.6 Å². The van der Waals surface area contributed by atoms with E-state index in [1.807, 2.05) is 0 Å². The lowest BCUT2D eigenvalue weighted by atomic mass is 9.44. The number of halogens is 1. The molecule has 362 valence electrons. The first-order chi connectivity index (χ1) is 30.8. The van der Waals surface area contributed by atoms with Crippen LogP contribution in [-0.4, -0.2) is 13.2 Å². The van der Waals surface area contributed by atoms with Gasteiger partial charge in [-0.15, -0.1) is 11.6 Å². The summed E-state index contributed by atoms with van der Waals surface area (Å²) in [5.74, 6) is 15.1. The van der Waals surface area contributed by atoms with Gasteiger partial charge >= 0.3 is 0 Å². The first kappa shape index (κ1) is 48.1. The maximum absolute atomic E-state index is 6.53. The van der Waals surface area contributed by atoms with Crippen molar-refractivity contribution in [3.8, 4) is 11.5 Å². The Morgan fingerprint density at radius 2 is 1.00 bits per heavy atom. The minimum absolute atomic E-state index is 0.455. The highest BCUT2D eigenvalue weighted by atomic mass is 35.5. The molecule has 0 aliphatic heterocycles. The molecule has 8 saturated carbocycles. The molecule has 2 nitrogen and oxygen atoms in total. The molecule has 0 aromatic heterocycles. The second-order valence-corrected chi connectivity index (χ2v) is 27.1. The monoisotopic (exact) mass is 899 g/mol. The van der Waals surface area contributed by atoms with Crippen molar-refractivity contribution in [1.82, 2.24) is 0 Å². The summed E-state index contributed by atoms with van der Waals surface area (Å²) in [5.41, 5.74) is 3.55. The highest BCUT2D eigenvalue weighted by Gasteiger charge is 2.61. The average Bonchev–Trinajstić information content (AvgIpc) is 3.84. The molecule has 9 rings (SSSR count). The van der Waals surface area contributed by atoms with E-state index in [4.69, 9.17) is 21.1 Å². The molecule has 0 radical (unpaired) electrons. The van der Waals surface area contributed by atoms with E-state index in [1.54, 1.807) is 12.8 Å². The molecule has 8 aliphatic carbocycles. The lowest BCUT2D eigenvalue weighted by Gasteiger charge is -2.61. The highest BCUT2D eigenvalue weighted by Crippen LogP contribution is 2.70. The molecule has 0 bridgehead atoms. The lowest BCUT2D eigenvalue weighted by Crippen LogP contribution is -2.53. The number of fused-ring (bicyclic) bond motifs is 10. The minimum Gasteiger partial charge on any atom is -0.493 e. The van der Waals surface area contributed by atoms with Gasteiger partial charge in [-0.3, -0.25) is 0 Å². The van der Waals surface area contributed by atoms with Crippen molar-refractivity contribution in [3.05, 3.63) is 23.8 Å². The fraction of sp³-hybridized carbons (Fsp3) is 0.902. The summed E-state index contributed by atoms with van der Waals surface area (Å²) >= 11 is 6.53. The maximum atomic E-state index is 6.53. The molecule has 0 spiro atoms. The van der Waals surface area contributed by atoms with E-state index in [9.17, 15) is 0 Å². The van der Waals surface area contributed by atoms with Gasteiger partial charge in [-0.25, -0.2) is 0 Å². The Labute approximate surface area is 400 Å². The van der Waals surface area contributed by atoms with Crippen LogP contribution in [0, 0.1) is 105 Å². The van der Waals surface area contributed by atoms with E-state index in [0.717, 1.165) is 101 Å². The third-order valence-corrected chi connectivity index (χ3v) is 23.9. The molecule has 3 heteroatoms. The first-order valence-corrected chi connectivity index (χ1v) is 29.3. The van der Waals surface area contributed by atoms with Crippen LogP contribution in [0.15, 0.2) is 18.2 Å². The molecular formula is C61H99ClO2. The number of hydrogen-bond donors (Lipinski definition) is 0. The van der Waals surface area contributed by atoms with Gasteiger partial charge in [0.25, 0.3) is 0 Å². The molecule has 8 fully saturated rings. The maximum Gasteiger partial charge on any atom is 0.123 e. The van der Waals surface area contributed by atoms with E-state index >= 15 is 0 Å². The van der Waals surface area contributed by atoms with Crippen molar-refractivity contribution in [3.63, 3.8) is 0 Å². The Morgan fingerprint density at radius 3 is 1.50 bits per heavy atom. The molecule has 1 aromatic carbocycles. The predicted octanol–water partition coefficient (Wildman–Crippen LogP) is 18.2. The zero-order chi connectivity index (χ0) is 44.9. The van der Waals surface area contributed by atoms with Crippen LogP contribution in [0.3, 0.4) is 0 Å². The summed E-state index contributed by atoms with van der Waals surface area (Å²) in [6.45, 7) is 22.6. The Bertz CT molecular complexity index is 1690. The molecular weight excluding hydrogens is 800 g/mol. The van der Waals surface area contributed by atoms with Gasteiger partial charge in [0, 0.05) is 5.56 Å². The van der Waals surface area contributed by atoms with E-state index in [0.29, 0.717) is 39.4 Å². The van der Waals surface area contributed by atoms with Crippen molar-refractivity contribution >= 4 is 11.6 Å². The Hall–Kier alpha value is -0.890. The van der Waals surface area contributed by atoms with Crippen molar-refractivity contribution in [2.24, 2.45) is 105 Å². The van der Waals surface area contributed by atoms with Gasteiger partial charge in [0.2, 0.25) is 0 Å². The third-order valence-electron chi connectivity index (χ3n) is 23.6. The third kappa shape index (κ3) is 9.06. The fourth-order valence-electron chi connectivity index (χ4n) is 20.0. The van der Waals surface area contributed by atoms with E-state index in [2.05, 4.69) is 73.6 Å². The lowest BCUT2D eigenvalue weighted by molar-refractivity contribution is -0.114. The molecule has 18 atom stereocenters. The first-order valence-electron chi connectivity index (χ1n) is 28.7. The standard InChI is InChI=1S/C61H99ClO2/c1-41(15-13-17-43(3)51-26-28-53-49-24-21-46-19-9-11-33-58(46,5)55(49)31-35-60(51,53)7)39-63-48-23-30-57(45(37-48)38-62)64-40-42(2)16-14-18-44(4)52-27-29-54-50-25-22-47-20-10-12-34-59(47,6)56(50)32-36-61(52,54)8/h23,30,37,41-44,46-47,49-56H,9-22,24-29,31-36,38-40H2,1-8H3/t41?,42?,43-,44-,46?,47?,49+,50+,51-,52-,53+,54+,55+,56+,58+,59+,60-,61-/m1/s1. The molecule has 0 N–H and O–H groups in total.